The molecule has 2 saturated heterocycles. The summed E-state index contributed by atoms with van der Waals surface area (Å²) < 4.78 is 42.7. The van der Waals surface area contributed by atoms with Crippen molar-refractivity contribution in [3.63, 3.8) is 0 Å². The quantitative estimate of drug-likeness (QED) is 0.0673. The van der Waals surface area contributed by atoms with Crippen LogP contribution in [0.15, 0.2) is 4.52 Å². The third-order valence-electron chi connectivity index (χ3n) is 13.3. The third kappa shape index (κ3) is 15.5. The van der Waals surface area contributed by atoms with Gasteiger partial charge in [-0.25, -0.2) is 4.79 Å². The van der Waals surface area contributed by atoms with Gasteiger partial charge in [0, 0.05) is 51.2 Å². The number of carbonyl (C=O) groups is 2. The van der Waals surface area contributed by atoms with Gasteiger partial charge in [-0.3, -0.25) is 9.69 Å². The Morgan fingerprint density at radius 3 is 2.32 bits per heavy atom. The van der Waals surface area contributed by atoms with E-state index in [4.69, 9.17) is 32.9 Å². The lowest BCUT2D eigenvalue weighted by atomic mass is 9.77. The highest BCUT2D eigenvalue weighted by molar-refractivity contribution is 5.90. The average molecular weight is 932 g/mol. The molecule has 378 valence electrons. The maximum Gasteiger partial charge on any atom is 0.319 e. The zero-order valence-corrected chi connectivity index (χ0v) is 41.8. The van der Waals surface area contributed by atoms with Crippen LogP contribution in [0.3, 0.4) is 0 Å². The Balaban J connectivity index is 2.12. The van der Waals surface area contributed by atoms with Gasteiger partial charge in [-0.15, -0.1) is 0 Å². The molecular formula is C46H85N5O14. The Labute approximate surface area is 387 Å². The van der Waals surface area contributed by atoms with Crippen molar-refractivity contribution in [3.05, 3.63) is 11.5 Å². The molecule has 7 N–H and O–H groups in total. The number of rotatable bonds is 17. The van der Waals surface area contributed by atoms with Crippen LogP contribution in [0.5, 0.6) is 0 Å². The van der Waals surface area contributed by atoms with E-state index in [0.29, 0.717) is 43.1 Å². The molecule has 0 radical (unpaired) electrons. The summed E-state index contributed by atoms with van der Waals surface area (Å²) in [6.45, 7) is 21.8. The van der Waals surface area contributed by atoms with E-state index < -0.39 is 96.4 Å². The van der Waals surface area contributed by atoms with Gasteiger partial charge < -0.3 is 74.0 Å². The van der Waals surface area contributed by atoms with Gasteiger partial charge in [0.05, 0.1) is 48.6 Å². The molecule has 2 amide bonds. The van der Waals surface area contributed by atoms with Gasteiger partial charge in [-0.2, -0.15) is 0 Å². The summed E-state index contributed by atoms with van der Waals surface area (Å²) in [5.74, 6) is -2.44. The molecule has 3 heterocycles. The van der Waals surface area contributed by atoms with Gasteiger partial charge in [0.1, 0.15) is 35.3 Å². The fourth-order valence-corrected chi connectivity index (χ4v) is 9.34. The maximum absolute atomic E-state index is 14.5. The minimum atomic E-state index is -1.93. The van der Waals surface area contributed by atoms with Gasteiger partial charge in [-0.05, 0) is 108 Å². The van der Waals surface area contributed by atoms with Gasteiger partial charge in [0.2, 0.25) is 0 Å². The minimum Gasteiger partial charge on any atom is -0.459 e. The number of aryl methyl sites for hydroxylation is 2. The van der Waals surface area contributed by atoms with Gasteiger partial charge in [0.25, 0.3) is 0 Å². The standard InChI is InChI=1S/C46H85N5O14/c1-16-35-46(12,58)40(54)30(7)51(20-17-19-47-44(56)48-37-29(6)49-65-33(37)10)24-25(2)23-45(11,57)41(64-43-38(53)34(50(13)14)22-26(3)60-43)27(4)39(28(5)42(55)62-35)63-36(18-21-59-15)61-32(9)31(8)52/h25-28,30-32,34-36,38-41,43,52-54,57-58H,16-24H2,1-15H3,(H2,47,48,56)/t25-,26-,27+,28-,30-,31-,32+,34+,35-,36+,38-,39+,40-,41-,43+,45-,46-/m1/s1. The van der Waals surface area contributed by atoms with E-state index in [1.165, 1.54) is 14.0 Å². The van der Waals surface area contributed by atoms with E-state index in [0.717, 1.165) is 0 Å². The van der Waals surface area contributed by atoms with Crippen LogP contribution in [-0.2, 0) is 33.2 Å². The summed E-state index contributed by atoms with van der Waals surface area (Å²) in [6.07, 6.45) is -8.41. The Kier molecular flexibility index (Phi) is 22.0. The van der Waals surface area contributed by atoms with E-state index in [1.807, 2.05) is 37.7 Å². The second-order valence-electron chi connectivity index (χ2n) is 19.5. The number of aromatic nitrogens is 1. The smallest absolute Gasteiger partial charge is 0.319 e. The third-order valence-corrected chi connectivity index (χ3v) is 13.3. The summed E-state index contributed by atoms with van der Waals surface area (Å²) in [5, 5.41) is 68.6. The van der Waals surface area contributed by atoms with E-state index in [-0.39, 0.29) is 50.5 Å². The molecule has 0 unspecified atom stereocenters. The number of likely N-dealkylation sites (N-methyl/N-ethyl adjacent to an activating group) is 1. The van der Waals surface area contributed by atoms with Crippen molar-refractivity contribution in [2.24, 2.45) is 17.8 Å². The van der Waals surface area contributed by atoms with Gasteiger partial charge in [-0.1, -0.05) is 25.9 Å². The number of aliphatic hydroxyl groups excluding tert-OH is 3. The Morgan fingerprint density at radius 1 is 1.09 bits per heavy atom. The molecule has 2 fully saturated rings. The second kappa shape index (κ2) is 25.2. The highest BCUT2D eigenvalue weighted by Gasteiger charge is 2.51. The molecule has 19 heteroatoms. The van der Waals surface area contributed by atoms with E-state index in [1.54, 1.807) is 62.3 Å². The summed E-state index contributed by atoms with van der Waals surface area (Å²) in [5.41, 5.74) is -2.56. The number of aliphatic hydroxyl groups is 5. The van der Waals surface area contributed by atoms with Gasteiger partial charge >= 0.3 is 12.0 Å². The fraction of sp³-hybridized carbons (Fsp3) is 0.891. The molecule has 17 atom stereocenters. The number of amides is 2. The highest BCUT2D eigenvalue weighted by atomic mass is 16.7. The van der Waals surface area contributed by atoms with Crippen LogP contribution in [0.1, 0.15) is 113 Å². The molecule has 19 nitrogen and oxygen atoms in total. The maximum atomic E-state index is 14.5. The Hall–Kier alpha value is -2.53. The molecular weight excluding hydrogens is 847 g/mol. The zero-order valence-electron chi connectivity index (χ0n) is 41.8. The summed E-state index contributed by atoms with van der Waals surface area (Å²) >= 11 is 0. The van der Waals surface area contributed by atoms with Crippen molar-refractivity contribution in [2.75, 3.05) is 52.8 Å². The number of carbonyl (C=O) groups excluding carboxylic acids is 2. The summed E-state index contributed by atoms with van der Waals surface area (Å²) in [6, 6.07) is -1.46. The first-order chi connectivity index (χ1) is 30.3. The van der Waals surface area contributed by atoms with E-state index in [9.17, 15) is 35.1 Å². The first kappa shape index (κ1) is 56.8. The number of ether oxygens (including phenoxy) is 6. The number of nitrogens with zero attached hydrogens (tertiary/aromatic N) is 3. The summed E-state index contributed by atoms with van der Waals surface area (Å²) in [4.78, 5) is 31.2. The van der Waals surface area contributed by atoms with Crippen LogP contribution in [0, 0.1) is 31.6 Å². The lowest BCUT2D eigenvalue weighted by Gasteiger charge is -2.47. The first-order valence-corrected chi connectivity index (χ1v) is 23.4. The van der Waals surface area contributed by atoms with Crippen molar-refractivity contribution in [2.45, 2.75) is 200 Å². The van der Waals surface area contributed by atoms with E-state index in [2.05, 4.69) is 15.8 Å². The molecule has 0 saturated carbocycles. The average Bonchev–Trinajstić information content (AvgIpc) is 3.54. The van der Waals surface area contributed by atoms with Crippen LogP contribution in [0.2, 0.25) is 0 Å². The molecule has 2 aliphatic rings. The molecule has 0 bridgehead atoms. The molecule has 1 aromatic heterocycles. The van der Waals surface area contributed by atoms with Crippen molar-refractivity contribution in [1.82, 2.24) is 20.3 Å². The van der Waals surface area contributed by atoms with Crippen molar-refractivity contribution < 1.29 is 68.1 Å². The first-order valence-electron chi connectivity index (χ1n) is 23.4. The van der Waals surface area contributed by atoms with Crippen LogP contribution >= 0.6 is 0 Å². The zero-order chi connectivity index (χ0) is 49.1. The number of urea groups is 1. The largest absolute Gasteiger partial charge is 0.459 e. The summed E-state index contributed by atoms with van der Waals surface area (Å²) in [7, 11) is 5.28. The molecule has 65 heavy (non-hydrogen) atoms. The Morgan fingerprint density at radius 2 is 1.75 bits per heavy atom. The van der Waals surface area contributed by atoms with Crippen LogP contribution in [0.4, 0.5) is 10.5 Å². The monoisotopic (exact) mass is 932 g/mol. The molecule has 0 aliphatic carbocycles. The van der Waals surface area contributed by atoms with Crippen molar-refractivity contribution in [3.8, 4) is 0 Å². The SMILES string of the molecule is CC[C@H]1OC(=O)[C@H](C)[C@@H](O[C@@H](CCOC)O[C@@H](C)[C@@H](C)O)[C@H](C)[C@@H](O[C@@H]2O[C@H](C)C[C@H](N(C)C)[C@H]2O)[C@](C)(O)C[C@@H](C)CN(CCCNC(=O)Nc2c(C)noc2C)[C@H](C)[C@@H](O)[C@]1(C)O. The molecule has 3 rings (SSSR count). The number of methoxy groups -OCH3 is 1. The van der Waals surface area contributed by atoms with Crippen LogP contribution in [0.25, 0.3) is 0 Å². The van der Waals surface area contributed by atoms with Crippen molar-refractivity contribution in [1.29, 1.82) is 0 Å². The lowest BCUT2D eigenvalue weighted by molar-refractivity contribution is -0.306. The van der Waals surface area contributed by atoms with Crippen LogP contribution in [-0.4, -0.2) is 185 Å². The Bertz CT molecular complexity index is 1580. The number of esters is 1. The number of nitrogens with one attached hydrogen (secondary N) is 2. The predicted octanol–water partition coefficient (Wildman–Crippen LogP) is 3.34. The molecule has 1 aromatic rings. The normalized spacial score (nSPS) is 36.3. The van der Waals surface area contributed by atoms with Gasteiger partial charge in [0.15, 0.2) is 18.3 Å². The van der Waals surface area contributed by atoms with E-state index >= 15 is 0 Å². The number of cyclic esters (lactones) is 1. The minimum absolute atomic E-state index is 0.136. The lowest BCUT2D eigenvalue weighted by Crippen LogP contribution is -2.59. The number of hydrogen-bond donors (Lipinski definition) is 7. The van der Waals surface area contributed by atoms with Crippen LogP contribution < -0.4 is 10.6 Å². The molecule has 0 aromatic carbocycles. The van der Waals surface area contributed by atoms with Crippen molar-refractivity contribution >= 4 is 17.7 Å². The molecule has 2 aliphatic heterocycles. The second-order valence-corrected chi connectivity index (χ2v) is 19.5. The topological polar surface area (TPSA) is 247 Å². The fourth-order valence-electron chi connectivity index (χ4n) is 9.34. The highest BCUT2D eigenvalue weighted by Crippen LogP contribution is 2.38. The number of anilines is 1. The predicted molar refractivity (Wildman–Crippen MR) is 243 cm³/mol. The number of hydrogen-bond acceptors (Lipinski definition) is 17. The molecule has 0 spiro atoms.